The molecular formula is C14H24N2O. The molecule has 0 spiro atoms. The van der Waals surface area contributed by atoms with Crippen molar-refractivity contribution in [3.8, 4) is 0 Å². The number of hydrogen-bond donors (Lipinski definition) is 1. The smallest absolute Gasteiger partial charge is 0.0717 e. The van der Waals surface area contributed by atoms with Crippen molar-refractivity contribution in [1.82, 2.24) is 4.90 Å². The van der Waals surface area contributed by atoms with Crippen LogP contribution in [0.3, 0.4) is 0 Å². The monoisotopic (exact) mass is 236 g/mol. The average Bonchev–Trinajstić information content (AvgIpc) is 2.34. The lowest BCUT2D eigenvalue weighted by atomic mass is 10.2. The van der Waals surface area contributed by atoms with Crippen molar-refractivity contribution in [2.45, 2.75) is 26.5 Å². The van der Waals surface area contributed by atoms with Crippen LogP contribution in [0.2, 0.25) is 0 Å². The van der Waals surface area contributed by atoms with Gasteiger partial charge in [0.1, 0.15) is 0 Å². The maximum absolute atomic E-state index is 5.66. The molecule has 0 fully saturated rings. The number of nitrogens with zero attached hydrogens (tertiary/aromatic N) is 1. The molecule has 0 atom stereocenters. The van der Waals surface area contributed by atoms with Gasteiger partial charge in [-0.3, -0.25) is 4.90 Å². The molecule has 3 nitrogen and oxygen atoms in total. The van der Waals surface area contributed by atoms with E-state index in [1.54, 1.807) is 0 Å². The van der Waals surface area contributed by atoms with Crippen molar-refractivity contribution >= 4 is 0 Å². The minimum absolute atomic E-state index is 0.527. The van der Waals surface area contributed by atoms with Gasteiger partial charge in [-0.15, -0.1) is 0 Å². The molecule has 3 heteroatoms. The Morgan fingerprint density at radius 3 is 2.47 bits per heavy atom. The molecule has 0 aromatic heterocycles. The summed E-state index contributed by atoms with van der Waals surface area (Å²) in [6, 6.07) is 10.8. The number of benzene rings is 1. The molecule has 0 aliphatic heterocycles. The Balaban J connectivity index is 2.18. The normalized spacial score (nSPS) is 11.4. The molecule has 2 N–H and O–H groups in total. The summed E-state index contributed by atoms with van der Waals surface area (Å²) >= 11 is 0. The predicted molar refractivity (Wildman–Crippen MR) is 71.9 cm³/mol. The van der Waals surface area contributed by atoms with Crippen LogP contribution in [-0.4, -0.2) is 37.2 Å². The summed E-state index contributed by atoms with van der Waals surface area (Å²) in [5, 5.41) is 0. The van der Waals surface area contributed by atoms with Crippen molar-refractivity contribution in [3.63, 3.8) is 0 Å². The average molecular weight is 236 g/mol. The van der Waals surface area contributed by atoms with Crippen LogP contribution >= 0.6 is 0 Å². The first-order chi connectivity index (χ1) is 8.24. The third-order valence-electron chi connectivity index (χ3n) is 2.78. The molecule has 0 heterocycles. The summed E-state index contributed by atoms with van der Waals surface area (Å²) in [6.45, 7) is 8.41. The van der Waals surface area contributed by atoms with E-state index in [1.807, 2.05) is 18.2 Å². The minimum Gasteiger partial charge on any atom is -0.375 e. The third-order valence-corrected chi connectivity index (χ3v) is 2.78. The van der Waals surface area contributed by atoms with Crippen LogP contribution in [0.4, 0.5) is 0 Å². The topological polar surface area (TPSA) is 38.5 Å². The highest BCUT2D eigenvalue weighted by Crippen LogP contribution is 2.01. The van der Waals surface area contributed by atoms with E-state index in [9.17, 15) is 0 Å². The van der Waals surface area contributed by atoms with E-state index in [-0.39, 0.29) is 0 Å². The summed E-state index contributed by atoms with van der Waals surface area (Å²) in [5.74, 6) is 0. The number of rotatable bonds is 8. The van der Waals surface area contributed by atoms with Gasteiger partial charge < -0.3 is 10.5 Å². The van der Waals surface area contributed by atoms with E-state index in [1.165, 1.54) is 5.56 Å². The summed E-state index contributed by atoms with van der Waals surface area (Å²) in [6.07, 6.45) is 0. The van der Waals surface area contributed by atoms with Crippen LogP contribution in [-0.2, 0) is 11.3 Å². The largest absolute Gasteiger partial charge is 0.375 e. The van der Waals surface area contributed by atoms with Crippen LogP contribution in [0.1, 0.15) is 19.4 Å². The van der Waals surface area contributed by atoms with E-state index in [0.717, 1.165) is 19.7 Å². The predicted octanol–water partition coefficient (Wildman–Crippen LogP) is 1.87. The summed E-state index contributed by atoms with van der Waals surface area (Å²) in [7, 11) is 0. The molecule has 0 saturated heterocycles. The number of nitrogens with two attached hydrogens (primary N) is 1. The van der Waals surface area contributed by atoms with Gasteiger partial charge in [0.15, 0.2) is 0 Å². The van der Waals surface area contributed by atoms with Crippen LogP contribution in [0, 0.1) is 0 Å². The van der Waals surface area contributed by atoms with Gasteiger partial charge in [-0.25, -0.2) is 0 Å². The Kier molecular flexibility index (Phi) is 6.86. The quantitative estimate of drug-likeness (QED) is 0.700. The summed E-state index contributed by atoms with van der Waals surface area (Å²) < 4.78 is 5.66. The fraction of sp³-hybridized carbons (Fsp3) is 0.571. The Bertz CT molecular complexity index is 288. The molecule has 96 valence electrons. The molecule has 0 radical (unpaired) electrons. The maximum Gasteiger partial charge on any atom is 0.0717 e. The fourth-order valence-corrected chi connectivity index (χ4v) is 1.74. The summed E-state index contributed by atoms with van der Waals surface area (Å²) in [5.41, 5.74) is 6.80. The van der Waals surface area contributed by atoms with E-state index < -0.39 is 0 Å². The Morgan fingerprint density at radius 1 is 1.18 bits per heavy atom. The molecule has 0 amide bonds. The van der Waals surface area contributed by atoms with E-state index >= 15 is 0 Å². The fourth-order valence-electron chi connectivity index (χ4n) is 1.74. The molecule has 0 bridgehead atoms. The lowest BCUT2D eigenvalue weighted by Crippen LogP contribution is -2.37. The van der Waals surface area contributed by atoms with Gasteiger partial charge in [-0.1, -0.05) is 30.3 Å². The third kappa shape index (κ3) is 5.82. The van der Waals surface area contributed by atoms with Gasteiger partial charge in [0.05, 0.1) is 13.2 Å². The van der Waals surface area contributed by atoms with Crippen LogP contribution < -0.4 is 5.73 Å². The lowest BCUT2D eigenvalue weighted by molar-refractivity contribution is 0.0839. The van der Waals surface area contributed by atoms with E-state index in [2.05, 4.69) is 30.9 Å². The van der Waals surface area contributed by atoms with Gasteiger partial charge in [-0.05, 0) is 19.4 Å². The molecule has 0 saturated carbocycles. The highest BCUT2D eigenvalue weighted by Gasteiger charge is 2.07. The lowest BCUT2D eigenvalue weighted by Gasteiger charge is -2.25. The molecule has 1 aromatic carbocycles. The Hall–Kier alpha value is -0.900. The van der Waals surface area contributed by atoms with Crippen molar-refractivity contribution < 1.29 is 4.74 Å². The minimum atomic E-state index is 0.527. The van der Waals surface area contributed by atoms with Gasteiger partial charge in [0, 0.05) is 25.7 Å². The molecule has 0 aliphatic rings. The highest BCUT2D eigenvalue weighted by molar-refractivity contribution is 5.13. The Morgan fingerprint density at radius 2 is 1.88 bits per heavy atom. The summed E-state index contributed by atoms with van der Waals surface area (Å²) in [4.78, 5) is 2.34. The van der Waals surface area contributed by atoms with Crippen molar-refractivity contribution in [3.05, 3.63) is 35.9 Å². The second-order valence-corrected chi connectivity index (χ2v) is 4.46. The van der Waals surface area contributed by atoms with Gasteiger partial charge in [-0.2, -0.15) is 0 Å². The van der Waals surface area contributed by atoms with Crippen LogP contribution in [0.25, 0.3) is 0 Å². The van der Waals surface area contributed by atoms with Crippen molar-refractivity contribution in [2.75, 3.05) is 26.2 Å². The molecule has 0 unspecified atom stereocenters. The zero-order chi connectivity index (χ0) is 12.5. The molecule has 17 heavy (non-hydrogen) atoms. The molecule has 1 aromatic rings. The first-order valence-corrected chi connectivity index (χ1v) is 6.30. The van der Waals surface area contributed by atoms with Gasteiger partial charge in [0.2, 0.25) is 0 Å². The van der Waals surface area contributed by atoms with Gasteiger partial charge >= 0.3 is 0 Å². The maximum atomic E-state index is 5.66. The van der Waals surface area contributed by atoms with Crippen molar-refractivity contribution in [1.29, 1.82) is 0 Å². The number of ether oxygens (including phenoxy) is 1. The second-order valence-electron chi connectivity index (χ2n) is 4.46. The number of hydrogen-bond acceptors (Lipinski definition) is 3. The van der Waals surface area contributed by atoms with E-state index in [0.29, 0.717) is 19.2 Å². The van der Waals surface area contributed by atoms with Gasteiger partial charge in [0.25, 0.3) is 0 Å². The highest BCUT2D eigenvalue weighted by atomic mass is 16.5. The first-order valence-electron chi connectivity index (χ1n) is 6.30. The molecular weight excluding hydrogens is 212 g/mol. The first kappa shape index (κ1) is 14.2. The van der Waals surface area contributed by atoms with Crippen molar-refractivity contribution in [2.24, 2.45) is 5.73 Å². The van der Waals surface area contributed by atoms with Crippen LogP contribution in [0.15, 0.2) is 30.3 Å². The zero-order valence-electron chi connectivity index (χ0n) is 10.9. The molecule has 0 aliphatic carbocycles. The zero-order valence-corrected chi connectivity index (χ0v) is 10.9. The SMILES string of the molecule is CC(C)N(CCN)CCOCc1ccccc1. The van der Waals surface area contributed by atoms with E-state index in [4.69, 9.17) is 10.5 Å². The standard InChI is InChI=1S/C14H24N2O/c1-13(2)16(9-8-15)10-11-17-12-14-6-4-3-5-7-14/h3-7,13H,8-12,15H2,1-2H3. The molecule has 1 rings (SSSR count). The van der Waals surface area contributed by atoms with Crippen LogP contribution in [0.5, 0.6) is 0 Å². The Labute approximate surface area is 105 Å². The second kappa shape index (κ2) is 8.23.